The van der Waals surface area contributed by atoms with Crippen molar-refractivity contribution in [1.29, 1.82) is 0 Å². The number of aliphatic imine (C=N–C) groups is 1. The molecule has 3 aliphatic rings. The van der Waals surface area contributed by atoms with Gasteiger partial charge in [-0.25, -0.2) is 4.99 Å². The summed E-state index contributed by atoms with van der Waals surface area (Å²) in [4.78, 5) is 6.75. The molecule has 6 heteroatoms. The van der Waals surface area contributed by atoms with Crippen molar-refractivity contribution in [3.05, 3.63) is 66.2 Å². The molecule has 28 heavy (non-hydrogen) atoms. The molecule has 6 nitrogen and oxygen atoms in total. The SMILES string of the molecule is C=C1C=C(c2ccc(OC)c(OC)c2)N=C2C=CC(OC3CCNCC3)=CN12. The number of amidine groups is 1. The lowest BCUT2D eigenvalue weighted by atomic mass is 10.1. The Kier molecular flexibility index (Phi) is 5.21. The van der Waals surface area contributed by atoms with Gasteiger partial charge in [0.15, 0.2) is 11.5 Å². The van der Waals surface area contributed by atoms with E-state index in [1.807, 2.05) is 47.5 Å². The number of nitrogens with zero attached hydrogens (tertiary/aromatic N) is 2. The summed E-state index contributed by atoms with van der Waals surface area (Å²) in [7, 11) is 3.25. The molecule has 1 aromatic rings. The summed E-state index contributed by atoms with van der Waals surface area (Å²) in [6.45, 7) is 6.20. The molecule has 0 aromatic heterocycles. The number of methoxy groups -OCH3 is 2. The molecule has 0 atom stereocenters. The van der Waals surface area contributed by atoms with E-state index in [2.05, 4.69) is 11.9 Å². The first kappa shape index (κ1) is 18.4. The van der Waals surface area contributed by atoms with Gasteiger partial charge in [-0.3, -0.25) is 4.90 Å². The van der Waals surface area contributed by atoms with E-state index in [0.29, 0.717) is 11.5 Å². The fourth-order valence-electron chi connectivity index (χ4n) is 3.50. The van der Waals surface area contributed by atoms with Crippen molar-refractivity contribution < 1.29 is 14.2 Å². The van der Waals surface area contributed by atoms with Crippen LogP contribution in [-0.2, 0) is 4.74 Å². The average Bonchev–Trinajstić information content (AvgIpc) is 2.74. The molecular formula is C22H25N3O3. The molecule has 3 heterocycles. The summed E-state index contributed by atoms with van der Waals surface area (Å²) < 4.78 is 16.9. The molecular weight excluding hydrogens is 354 g/mol. The number of allylic oxidation sites excluding steroid dienone is 2. The summed E-state index contributed by atoms with van der Waals surface area (Å²) in [5, 5.41) is 3.35. The smallest absolute Gasteiger partial charge is 0.161 e. The standard InChI is InChI=1S/C22H25N3O3/c1-15-12-19(16-4-6-20(26-2)21(13-16)27-3)24-22-7-5-18(14-25(15)22)28-17-8-10-23-11-9-17/h4-7,12-14,17,23H,1,8-11H2,2-3H3. The van der Waals surface area contributed by atoms with E-state index in [1.54, 1.807) is 14.2 Å². The number of ether oxygens (including phenoxy) is 3. The molecule has 4 rings (SSSR count). The Morgan fingerprint density at radius 1 is 1.11 bits per heavy atom. The van der Waals surface area contributed by atoms with Crippen LogP contribution in [0.15, 0.2) is 65.7 Å². The molecule has 0 spiro atoms. The zero-order valence-corrected chi connectivity index (χ0v) is 16.3. The number of piperidine rings is 1. The zero-order valence-electron chi connectivity index (χ0n) is 16.3. The van der Waals surface area contributed by atoms with Crippen LogP contribution >= 0.6 is 0 Å². The molecule has 1 fully saturated rings. The number of hydrogen-bond donors (Lipinski definition) is 1. The van der Waals surface area contributed by atoms with E-state index in [0.717, 1.165) is 54.5 Å². The number of hydrogen-bond acceptors (Lipinski definition) is 6. The zero-order chi connectivity index (χ0) is 19.5. The van der Waals surface area contributed by atoms with Crippen molar-refractivity contribution in [2.24, 2.45) is 4.99 Å². The predicted molar refractivity (Wildman–Crippen MR) is 110 cm³/mol. The molecule has 0 saturated carbocycles. The molecule has 0 aliphatic carbocycles. The lowest BCUT2D eigenvalue weighted by molar-refractivity contribution is 0.0936. The summed E-state index contributed by atoms with van der Waals surface area (Å²) in [6.07, 6.45) is 10.2. The summed E-state index contributed by atoms with van der Waals surface area (Å²) in [5.41, 5.74) is 2.61. The van der Waals surface area contributed by atoms with Crippen LogP contribution in [-0.4, -0.2) is 44.1 Å². The van der Waals surface area contributed by atoms with Gasteiger partial charge in [-0.2, -0.15) is 0 Å². The number of nitrogens with one attached hydrogen (secondary N) is 1. The van der Waals surface area contributed by atoms with Crippen LogP contribution in [0.3, 0.4) is 0 Å². The Hall–Kier alpha value is -2.99. The van der Waals surface area contributed by atoms with Gasteiger partial charge < -0.3 is 19.5 Å². The largest absolute Gasteiger partial charge is 0.493 e. The van der Waals surface area contributed by atoms with Crippen molar-refractivity contribution in [2.75, 3.05) is 27.3 Å². The molecule has 3 aliphatic heterocycles. The van der Waals surface area contributed by atoms with E-state index >= 15 is 0 Å². The fourth-order valence-corrected chi connectivity index (χ4v) is 3.50. The summed E-state index contributed by atoms with van der Waals surface area (Å²) >= 11 is 0. The third-order valence-corrected chi connectivity index (χ3v) is 5.02. The maximum atomic E-state index is 6.14. The fraction of sp³-hybridized carbons (Fsp3) is 0.318. The molecule has 1 N–H and O–H groups in total. The Labute approximate surface area is 165 Å². The van der Waals surface area contributed by atoms with Gasteiger partial charge in [0.2, 0.25) is 0 Å². The van der Waals surface area contributed by atoms with Gasteiger partial charge in [0.05, 0.1) is 26.1 Å². The monoisotopic (exact) mass is 379 g/mol. The highest BCUT2D eigenvalue weighted by Crippen LogP contribution is 2.34. The third-order valence-electron chi connectivity index (χ3n) is 5.02. The van der Waals surface area contributed by atoms with Crippen LogP contribution in [0.1, 0.15) is 18.4 Å². The van der Waals surface area contributed by atoms with Crippen LogP contribution in [0.25, 0.3) is 5.70 Å². The summed E-state index contributed by atoms with van der Waals surface area (Å²) in [6, 6.07) is 5.77. The molecule has 146 valence electrons. The lowest BCUT2D eigenvalue weighted by Gasteiger charge is -2.30. The first-order valence-electron chi connectivity index (χ1n) is 9.46. The first-order valence-corrected chi connectivity index (χ1v) is 9.46. The van der Waals surface area contributed by atoms with Crippen molar-refractivity contribution in [2.45, 2.75) is 18.9 Å². The highest BCUT2D eigenvalue weighted by molar-refractivity contribution is 6.02. The van der Waals surface area contributed by atoms with Gasteiger partial charge in [-0.05, 0) is 62.4 Å². The average molecular weight is 379 g/mol. The molecule has 0 radical (unpaired) electrons. The van der Waals surface area contributed by atoms with E-state index in [-0.39, 0.29) is 6.10 Å². The Morgan fingerprint density at radius 3 is 2.64 bits per heavy atom. The number of fused-ring (bicyclic) bond motifs is 1. The van der Waals surface area contributed by atoms with Crippen molar-refractivity contribution in [3.63, 3.8) is 0 Å². The molecule has 0 bridgehead atoms. The number of rotatable bonds is 5. The quantitative estimate of drug-likeness (QED) is 0.849. The maximum Gasteiger partial charge on any atom is 0.161 e. The van der Waals surface area contributed by atoms with Gasteiger partial charge in [0.25, 0.3) is 0 Å². The minimum atomic E-state index is 0.256. The van der Waals surface area contributed by atoms with Crippen molar-refractivity contribution in [1.82, 2.24) is 10.2 Å². The lowest BCUT2D eigenvalue weighted by Crippen LogP contribution is -2.33. The topological polar surface area (TPSA) is 55.3 Å². The molecule has 1 saturated heterocycles. The van der Waals surface area contributed by atoms with E-state index in [4.69, 9.17) is 19.2 Å². The second-order valence-corrected chi connectivity index (χ2v) is 6.86. The van der Waals surface area contributed by atoms with Gasteiger partial charge >= 0.3 is 0 Å². The highest BCUT2D eigenvalue weighted by atomic mass is 16.5. The van der Waals surface area contributed by atoms with Gasteiger partial charge in [0, 0.05) is 11.3 Å². The van der Waals surface area contributed by atoms with Crippen LogP contribution in [0.4, 0.5) is 0 Å². The second kappa shape index (κ2) is 7.94. The van der Waals surface area contributed by atoms with E-state index < -0.39 is 0 Å². The Morgan fingerprint density at radius 2 is 1.89 bits per heavy atom. The Bertz CT molecular complexity index is 892. The van der Waals surface area contributed by atoms with Crippen molar-refractivity contribution in [3.8, 4) is 11.5 Å². The molecule has 0 amide bonds. The van der Waals surface area contributed by atoms with Crippen molar-refractivity contribution >= 4 is 11.5 Å². The minimum absolute atomic E-state index is 0.256. The Balaban J connectivity index is 1.54. The number of benzene rings is 1. The van der Waals surface area contributed by atoms with Gasteiger partial charge in [-0.15, -0.1) is 0 Å². The molecule has 1 aromatic carbocycles. The second-order valence-electron chi connectivity index (χ2n) is 6.86. The van der Waals surface area contributed by atoms with Crippen LogP contribution < -0.4 is 14.8 Å². The summed E-state index contributed by atoms with van der Waals surface area (Å²) in [5.74, 6) is 3.02. The predicted octanol–water partition coefficient (Wildman–Crippen LogP) is 3.45. The normalized spacial score (nSPS) is 19.4. The third kappa shape index (κ3) is 3.68. The first-order chi connectivity index (χ1) is 13.7. The van der Waals surface area contributed by atoms with Gasteiger partial charge in [-0.1, -0.05) is 6.58 Å². The minimum Gasteiger partial charge on any atom is -0.493 e. The highest BCUT2D eigenvalue weighted by Gasteiger charge is 2.23. The van der Waals surface area contributed by atoms with Crippen LogP contribution in [0.5, 0.6) is 11.5 Å². The van der Waals surface area contributed by atoms with E-state index in [9.17, 15) is 0 Å². The van der Waals surface area contributed by atoms with Gasteiger partial charge in [0.1, 0.15) is 17.7 Å². The van der Waals surface area contributed by atoms with Crippen LogP contribution in [0.2, 0.25) is 0 Å². The maximum absolute atomic E-state index is 6.14. The molecule has 0 unspecified atom stereocenters. The van der Waals surface area contributed by atoms with Crippen LogP contribution in [0, 0.1) is 0 Å². The van der Waals surface area contributed by atoms with E-state index in [1.165, 1.54) is 0 Å².